The number of likely N-dealkylation sites (tertiary alicyclic amines) is 1. The maximum atomic E-state index is 14.7. The Morgan fingerprint density at radius 2 is 1.34 bits per heavy atom. The number of anilines is 3. The number of hydrogen-bond donors (Lipinski definition) is 0. The van der Waals surface area contributed by atoms with E-state index in [1.54, 1.807) is 23.1 Å². The summed E-state index contributed by atoms with van der Waals surface area (Å²) in [7, 11) is 3.05. The normalized spacial score (nSPS) is 20.1. The number of carbonyl (C=O) groups is 7. The van der Waals surface area contributed by atoms with Gasteiger partial charge in [0.05, 0.1) is 73.7 Å². The first-order chi connectivity index (χ1) is 34.2. The number of hydroxylamine groups is 2. The third-order valence-electron chi connectivity index (χ3n) is 13.5. The van der Waals surface area contributed by atoms with Crippen LogP contribution in [0.3, 0.4) is 0 Å². The standard InChI is InChI=1S/C52H52N6O12S/c1-52(2,71-44-26-47(61)55(51(44)65)17-16-48(62)70-58-45(59)14-15-46(58)60)29-54-28-33-21-31-11-6-8-13-38(31)57(33)50(64)35-23-41(67-4)43(25-39(35)54)69-19-9-18-68-42-24-36-34(22-40(42)66-3)49(63)56-32(27-53-36)20-30-10-5-7-12-37(30)56/h5-8,10-13,22-25,27,32-33,44H,9,14-21,26,28-29H2,1-4H3/t32-,33-,44?/m0/s1. The minimum Gasteiger partial charge on any atom is -0.493 e. The van der Waals surface area contributed by atoms with Crippen LogP contribution < -0.4 is 33.6 Å². The molecule has 6 heterocycles. The second-order valence-electron chi connectivity index (χ2n) is 18.7. The highest BCUT2D eigenvalue weighted by atomic mass is 32.2. The number of aliphatic imine (C=N–C) groups is 1. The fraction of sp³-hybridized carbons (Fsp3) is 0.385. The Hall–Kier alpha value is -7.41. The number of fused-ring (bicyclic) bond motifs is 8. The first kappa shape index (κ1) is 47.3. The number of nitrogens with zero attached hydrogens (tertiary/aromatic N) is 6. The Morgan fingerprint density at radius 3 is 2.03 bits per heavy atom. The Bertz CT molecular complexity index is 2910. The molecule has 0 saturated carbocycles. The van der Waals surface area contributed by atoms with Crippen LogP contribution in [0, 0.1) is 0 Å². The van der Waals surface area contributed by atoms with E-state index < -0.39 is 39.6 Å². The Kier molecular flexibility index (Phi) is 12.7. The molecule has 0 bridgehead atoms. The Labute approximate surface area is 413 Å². The van der Waals surface area contributed by atoms with Gasteiger partial charge in [-0.3, -0.25) is 43.6 Å². The molecule has 2 fully saturated rings. The Balaban J connectivity index is 0.830. The number of ether oxygens (including phenoxy) is 4. The van der Waals surface area contributed by atoms with Crippen LogP contribution in [-0.2, 0) is 41.7 Å². The van der Waals surface area contributed by atoms with E-state index in [-0.39, 0.29) is 69.3 Å². The van der Waals surface area contributed by atoms with E-state index in [1.165, 1.54) is 26.0 Å². The molecule has 71 heavy (non-hydrogen) atoms. The minimum atomic E-state index is -0.902. The number of benzene rings is 4. The molecular weight excluding hydrogens is 933 g/mol. The largest absolute Gasteiger partial charge is 0.493 e. The van der Waals surface area contributed by atoms with Crippen LogP contribution in [-0.4, -0.2) is 127 Å². The predicted molar refractivity (Wildman–Crippen MR) is 262 cm³/mol. The van der Waals surface area contributed by atoms with E-state index >= 15 is 0 Å². The van der Waals surface area contributed by atoms with Crippen molar-refractivity contribution in [1.29, 1.82) is 0 Å². The molecule has 6 amide bonds. The lowest BCUT2D eigenvalue weighted by atomic mass is 10.1. The van der Waals surface area contributed by atoms with E-state index in [4.69, 9.17) is 28.8 Å². The fourth-order valence-electron chi connectivity index (χ4n) is 10.3. The first-order valence-electron chi connectivity index (χ1n) is 23.6. The topological polar surface area (TPSA) is 194 Å². The summed E-state index contributed by atoms with van der Waals surface area (Å²) in [4.78, 5) is 108. The summed E-state index contributed by atoms with van der Waals surface area (Å²) in [6.45, 7) is 4.99. The van der Waals surface area contributed by atoms with Crippen LogP contribution in [0.4, 0.5) is 22.7 Å². The van der Waals surface area contributed by atoms with Crippen molar-refractivity contribution in [3.63, 3.8) is 0 Å². The van der Waals surface area contributed by atoms with Gasteiger partial charge >= 0.3 is 5.97 Å². The third kappa shape index (κ3) is 9.02. The molecule has 6 aliphatic rings. The van der Waals surface area contributed by atoms with E-state index in [0.29, 0.717) is 82.9 Å². The summed E-state index contributed by atoms with van der Waals surface area (Å²) in [6, 6.07) is 22.3. The molecule has 0 N–H and O–H groups in total. The second kappa shape index (κ2) is 19.1. The van der Waals surface area contributed by atoms with Crippen molar-refractivity contribution in [2.75, 3.05) is 61.8 Å². The SMILES string of the molecule is COc1cc2c(cc1OCCCOc1cc3c(cc1OC)C(=O)N1c4ccccc4C[C@H]1CN3CC(C)(C)SC1CC(=O)N(CCC(=O)ON3C(=O)CCC3=O)C1=O)N=C[C@@H]1Cc3ccccc3N1C2=O. The number of rotatable bonds is 16. The smallest absolute Gasteiger partial charge is 0.335 e. The highest BCUT2D eigenvalue weighted by Gasteiger charge is 2.45. The molecule has 0 spiro atoms. The van der Waals surface area contributed by atoms with E-state index in [9.17, 15) is 33.6 Å². The average Bonchev–Trinajstić information content (AvgIpc) is 4.04. The number of thioether (sulfide) groups is 1. The van der Waals surface area contributed by atoms with Gasteiger partial charge in [0, 0.05) is 86.2 Å². The maximum Gasteiger partial charge on any atom is 0.335 e. The van der Waals surface area contributed by atoms with Gasteiger partial charge in [-0.25, -0.2) is 4.79 Å². The number of carbonyl (C=O) groups excluding carboxylic acids is 7. The second-order valence-corrected chi connectivity index (χ2v) is 20.6. The molecule has 19 heteroatoms. The highest BCUT2D eigenvalue weighted by molar-refractivity contribution is 8.02. The van der Waals surface area contributed by atoms with Crippen molar-refractivity contribution in [1.82, 2.24) is 9.96 Å². The zero-order chi connectivity index (χ0) is 49.7. The van der Waals surface area contributed by atoms with Gasteiger partial charge in [0.15, 0.2) is 23.0 Å². The molecule has 368 valence electrons. The quantitative estimate of drug-likeness (QED) is 0.0956. The van der Waals surface area contributed by atoms with Gasteiger partial charge < -0.3 is 33.6 Å². The summed E-state index contributed by atoms with van der Waals surface area (Å²) in [5.74, 6) is -1.75. The summed E-state index contributed by atoms with van der Waals surface area (Å²) in [5.41, 5.74) is 5.83. The zero-order valence-corrected chi connectivity index (χ0v) is 40.5. The van der Waals surface area contributed by atoms with Crippen LogP contribution in [0.25, 0.3) is 0 Å². The molecule has 0 aliphatic carbocycles. The Morgan fingerprint density at radius 1 is 0.718 bits per heavy atom. The predicted octanol–water partition coefficient (Wildman–Crippen LogP) is 5.87. The lowest BCUT2D eigenvalue weighted by molar-refractivity contribution is -0.197. The molecule has 10 rings (SSSR count). The number of imide groups is 2. The zero-order valence-electron chi connectivity index (χ0n) is 39.7. The highest BCUT2D eigenvalue weighted by Crippen LogP contribution is 2.45. The molecule has 6 aliphatic heterocycles. The third-order valence-corrected chi connectivity index (χ3v) is 14.9. The van der Waals surface area contributed by atoms with Gasteiger partial charge in [0.2, 0.25) is 11.8 Å². The van der Waals surface area contributed by atoms with Crippen molar-refractivity contribution in [3.8, 4) is 23.0 Å². The number of hydrogen-bond acceptors (Lipinski definition) is 15. The summed E-state index contributed by atoms with van der Waals surface area (Å²) >= 11 is 1.35. The fourth-order valence-corrected chi connectivity index (χ4v) is 11.7. The summed E-state index contributed by atoms with van der Waals surface area (Å²) < 4.78 is 23.5. The van der Waals surface area contributed by atoms with Gasteiger partial charge in [-0.2, -0.15) is 0 Å². The van der Waals surface area contributed by atoms with Gasteiger partial charge in [0.25, 0.3) is 23.6 Å². The molecular formula is C52H52N6O12S. The monoisotopic (exact) mass is 984 g/mol. The van der Waals surface area contributed by atoms with Crippen molar-refractivity contribution < 1.29 is 57.3 Å². The van der Waals surface area contributed by atoms with Gasteiger partial charge in [0.1, 0.15) is 0 Å². The van der Waals surface area contributed by atoms with Crippen molar-refractivity contribution >= 4 is 82.1 Å². The average molecular weight is 985 g/mol. The number of para-hydroxylation sites is 2. The van der Waals surface area contributed by atoms with Crippen LogP contribution >= 0.6 is 11.8 Å². The number of methoxy groups -OCH3 is 2. The van der Waals surface area contributed by atoms with Crippen molar-refractivity contribution in [3.05, 3.63) is 95.1 Å². The van der Waals surface area contributed by atoms with Crippen LogP contribution in [0.1, 0.15) is 77.8 Å². The lowest BCUT2D eigenvalue weighted by Gasteiger charge is -2.36. The van der Waals surface area contributed by atoms with E-state index in [1.807, 2.05) is 79.6 Å². The molecule has 4 aromatic rings. The summed E-state index contributed by atoms with van der Waals surface area (Å²) in [6.07, 6.45) is 3.01. The maximum absolute atomic E-state index is 14.7. The van der Waals surface area contributed by atoms with Crippen LogP contribution in [0.2, 0.25) is 0 Å². The van der Waals surface area contributed by atoms with E-state index in [2.05, 4.69) is 4.90 Å². The van der Waals surface area contributed by atoms with Crippen molar-refractivity contribution in [2.45, 2.75) is 80.9 Å². The molecule has 1 unspecified atom stereocenters. The van der Waals surface area contributed by atoms with Gasteiger partial charge in [-0.15, -0.1) is 16.8 Å². The molecule has 3 atom stereocenters. The molecule has 4 aromatic carbocycles. The van der Waals surface area contributed by atoms with Gasteiger partial charge in [-0.1, -0.05) is 36.4 Å². The molecule has 2 saturated heterocycles. The van der Waals surface area contributed by atoms with Crippen molar-refractivity contribution in [2.24, 2.45) is 4.99 Å². The molecule has 0 aromatic heterocycles. The lowest BCUT2D eigenvalue weighted by Crippen LogP contribution is -2.46. The van der Waals surface area contributed by atoms with Crippen LogP contribution in [0.5, 0.6) is 23.0 Å². The first-order valence-corrected chi connectivity index (χ1v) is 24.5. The minimum absolute atomic E-state index is 0.0528. The van der Waals surface area contributed by atoms with Crippen LogP contribution in [0.15, 0.2) is 77.8 Å². The summed E-state index contributed by atoms with van der Waals surface area (Å²) in [5, 5.41) is -0.306. The molecule has 18 nitrogen and oxygen atoms in total. The molecule has 0 radical (unpaired) electrons. The van der Waals surface area contributed by atoms with E-state index in [0.717, 1.165) is 27.4 Å². The van der Waals surface area contributed by atoms with Gasteiger partial charge in [-0.05, 0) is 55.7 Å². The number of amides is 6.